The van der Waals surface area contributed by atoms with E-state index >= 15 is 0 Å². The highest BCUT2D eigenvalue weighted by molar-refractivity contribution is 5.92. The minimum atomic E-state index is -0.734. The van der Waals surface area contributed by atoms with Crippen molar-refractivity contribution in [2.45, 2.75) is 59.1 Å². The number of para-hydroxylation sites is 1. The summed E-state index contributed by atoms with van der Waals surface area (Å²) in [5, 5.41) is 0. The molecule has 5 rings (SSSR count). The Morgan fingerprint density at radius 3 is 2.46 bits per heavy atom. The van der Waals surface area contributed by atoms with Gasteiger partial charge in [0.05, 0.1) is 6.54 Å². The first-order valence-electron chi connectivity index (χ1n) is 14.1. The van der Waals surface area contributed by atoms with Crippen LogP contribution >= 0.6 is 0 Å². The molecule has 2 amide bonds. The summed E-state index contributed by atoms with van der Waals surface area (Å²) in [7, 11) is 1.82. The highest BCUT2D eigenvalue weighted by Gasteiger charge is 2.26. The molecular formula is C32H37N5O4. The number of hydrogen-bond donors (Lipinski definition) is 0. The summed E-state index contributed by atoms with van der Waals surface area (Å²) in [4.78, 5) is 38.4. The van der Waals surface area contributed by atoms with E-state index < -0.39 is 11.8 Å². The molecule has 2 aromatic heterocycles. The smallest absolute Gasteiger partial charge is 0.428 e. The predicted molar refractivity (Wildman–Crippen MR) is 159 cm³/mol. The SMILES string of the molecule is CCCc1nc2ccc(N3CCCN(C)C3=O)nc2n1Cc1ccc(-c2ccccc2OC(=O)OC(C)(C)C)cc1. The molecule has 9 heteroatoms. The number of nitrogens with zero attached hydrogens (tertiary/aromatic N) is 5. The lowest BCUT2D eigenvalue weighted by molar-refractivity contribution is 0.0207. The normalized spacial score (nSPS) is 14.0. The average Bonchev–Trinajstić information content (AvgIpc) is 3.26. The van der Waals surface area contributed by atoms with Crippen molar-refractivity contribution in [3.05, 3.63) is 72.1 Å². The molecule has 1 aliphatic heterocycles. The van der Waals surface area contributed by atoms with Crippen LogP contribution in [-0.4, -0.2) is 57.4 Å². The molecule has 0 saturated carbocycles. The highest BCUT2D eigenvalue weighted by atomic mass is 16.7. The number of anilines is 1. The minimum Gasteiger partial charge on any atom is -0.428 e. The molecule has 1 aliphatic rings. The van der Waals surface area contributed by atoms with Crippen molar-refractivity contribution >= 4 is 29.2 Å². The van der Waals surface area contributed by atoms with Crippen molar-refractivity contribution in [3.63, 3.8) is 0 Å². The molecule has 9 nitrogen and oxygen atoms in total. The topological polar surface area (TPSA) is 89.8 Å². The maximum absolute atomic E-state index is 12.8. The van der Waals surface area contributed by atoms with Crippen LogP contribution in [0.15, 0.2) is 60.7 Å². The Labute approximate surface area is 240 Å². The average molecular weight is 556 g/mol. The Hall–Kier alpha value is -4.40. The number of imidazole rings is 1. The first-order valence-corrected chi connectivity index (χ1v) is 14.1. The fraction of sp³-hybridized carbons (Fsp3) is 0.375. The van der Waals surface area contributed by atoms with E-state index in [2.05, 4.69) is 23.6 Å². The summed E-state index contributed by atoms with van der Waals surface area (Å²) in [6, 6.07) is 19.4. The van der Waals surface area contributed by atoms with Gasteiger partial charge in [-0.3, -0.25) is 4.90 Å². The Morgan fingerprint density at radius 2 is 1.73 bits per heavy atom. The predicted octanol–water partition coefficient (Wildman–Crippen LogP) is 6.67. The number of pyridine rings is 1. The zero-order valence-corrected chi connectivity index (χ0v) is 24.4. The van der Waals surface area contributed by atoms with Crippen LogP contribution in [0.1, 0.15) is 51.9 Å². The monoisotopic (exact) mass is 555 g/mol. The van der Waals surface area contributed by atoms with E-state index in [9.17, 15) is 9.59 Å². The second-order valence-corrected chi connectivity index (χ2v) is 11.3. The van der Waals surface area contributed by atoms with Crippen LogP contribution < -0.4 is 9.64 Å². The van der Waals surface area contributed by atoms with Gasteiger partial charge in [-0.25, -0.2) is 19.6 Å². The Kier molecular flexibility index (Phi) is 7.97. The molecule has 0 radical (unpaired) electrons. The van der Waals surface area contributed by atoms with Crippen LogP contribution in [0.3, 0.4) is 0 Å². The van der Waals surface area contributed by atoms with Crippen molar-refractivity contribution in [1.29, 1.82) is 0 Å². The molecule has 4 aromatic rings. The van der Waals surface area contributed by atoms with Gasteiger partial charge in [0.25, 0.3) is 0 Å². The number of aryl methyl sites for hydroxylation is 1. The molecular weight excluding hydrogens is 518 g/mol. The van der Waals surface area contributed by atoms with E-state index in [1.54, 1.807) is 36.6 Å². The van der Waals surface area contributed by atoms with Gasteiger partial charge < -0.3 is 18.9 Å². The molecule has 0 bridgehead atoms. The molecule has 0 aliphatic carbocycles. The van der Waals surface area contributed by atoms with Crippen LogP contribution in [-0.2, 0) is 17.7 Å². The lowest BCUT2D eigenvalue weighted by Crippen LogP contribution is -2.47. The second kappa shape index (κ2) is 11.6. The van der Waals surface area contributed by atoms with Crippen LogP contribution in [0.5, 0.6) is 5.75 Å². The lowest BCUT2D eigenvalue weighted by atomic mass is 10.0. The second-order valence-electron chi connectivity index (χ2n) is 11.3. The maximum Gasteiger partial charge on any atom is 0.514 e. The third-order valence-corrected chi connectivity index (χ3v) is 6.91. The van der Waals surface area contributed by atoms with E-state index in [0.29, 0.717) is 24.7 Å². The summed E-state index contributed by atoms with van der Waals surface area (Å²) in [5.74, 6) is 2.06. The summed E-state index contributed by atoms with van der Waals surface area (Å²) in [6.45, 7) is 9.54. The first kappa shape index (κ1) is 28.1. The zero-order valence-electron chi connectivity index (χ0n) is 24.4. The number of hydrogen-bond acceptors (Lipinski definition) is 6. The molecule has 0 spiro atoms. The van der Waals surface area contributed by atoms with Crippen molar-refractivity contribution in [3.8, 4) is 16.9 Å². The van der Waals surface area contributed by atoms with Gasteiger partial charge in [-0.2, -0.15) is 0 Å². The fourth-order valence-corrected chi connectivity index (χ4v) is 4.97. The van der Waals surface area contributed by atoms with Gasteiger partial charge in [0.15, 0.2) is 5.65 Å². The molecule has 214 valence electrons. The number of rotatable bonds is 7. The van der Waals surface area contributed by atoms with Crippen LogP contribution in [0.4, 0.5) is 15.4 Å². The third kappa shape index (κ3) is 6.34. The number of fused-ring (bicyclic) bond motifs is 1. The molecule has 1 fully saturated rings. The zero-order chi connectivity index (χ0) is 29.1. The largest absolute Gasteiger partial charge is 0.514 e. The van der Waals surface area contributed by atoms with Crippen LogP contribution in [0.2, 0.25) is 0 Å². The molecule has 41 heavy (non-hydrogen) atoms. The van der Waals surface area contributed by atoms with Gasteiger partial charge in [0.1, 0.15) is 28.5 Å². The summed E-state index contributed by atoms with van der Waals surface area (Å²) >= 11 is 0. The Bertz CT molecular complexity index is 1550. The number of urea groups is 1. The lowest BCUT2D eigenvalue weighted by Gasteiger charge is -2.32. The third-order valence-electron chi connectivity index (χ3n) is 6.91. The van der Waals surface area contributed by atoms with Gasteiger partial charge in [0.2, 0.25) is 0 Å². The first-order chi connectivity index (χ1) is 19.6. The van der Waals surface area contributed by atoms with Gasteiger partial charge in [-0.05, 0) is 62.9 Å². The standard InChI is InChI=1S/C32H37N5O4/c1-6-10-27-33-25-17-18-28(36-20-9-19-35(5)30(36)38)34-29(25)37(27)21-22-13-15-23(16-14-22)24-11-7-8-12-26(24)40-31(39)41-32(2,3)4/h7-8,11-18H,6,9-10,19-21H2,1-5H3. The summed E-state index contributed by atoms with van der Waals surface area (Å²) < 4.78 is 13.0. The van der Waals surface area contributed by atoms with Crippen LogP contribution in [0, 0.1) is 0 Å². The summed E-state index contributed by atoms with van der Waals surface area (Å²) in [5.41, 5.74) is 3.75. The molecule has 2 aromatic carbocycles. The number of amides is 2. The molecule has 0 unspecified atom stereocenters. The van der Waals surface area contributed by atoms with Crippen molar-refractivity contribution in [2.75, 3.05) is 25.0 Å². The van der Waals surface area contributed by atoms with E-state index in [-0.39, 0.29) is 6.03 Å². The van der Waals surface area contributed by atoms with Gasteiger partial charge >= 0.3 is 12.2 Å². The molecule has 0 atom stereocenters. The van der Waals surface area contributed by atoms with Crippen molar-refractivity contribution in [2.24, 2.45) is 0 Å². The highest BCUT2D eigenvalue weighted by Crippen LogP contribution is 2.31. The number of carbonyl (C=O) groups is 2. The summed E-state index contributed by atoms with van der Waals surface area (Å²) in [6.07, 6.45) is 1.95. The van der Waals surface area contributed by atoms with E-state index in [1.165, 1.54) is 0 Å². The molecule has 3 heterocycles. The van der Waals surface area contributed by atoms with Crippen LogP contribution in [0.25, 0.3) is 22.3 Å². The maximum atomic E-state index is 12.8. The number of carbonyl (C=O) groups excluding carboxylic acids is 2. The van der Waals surface area contributed by atoms with Crippen molar-refractivity contribution in [1.82, 2.24) is 19.4 Å². The minimum absolute atomic E-state index is 0.0329. The van der Waals surface area contributed by atoms with Crippen molar-refractivity contribution < 1.29 is 19.1 Å². The van der Waals surface area contributed by atoms with E-state index in [1.807, 2.05) is 49.5 Å². The Balaban J connectivity index is 1.42. The number of benzene rings is 2. The van der Waals surface area contributed by atoms with Gasteiger partial charge in [0, 0.05) is 32.1 Å². The van der Waals surface area contributed by atoms with Gasteiger partial charge in [-0.15, -0.1) is 0 Å². The van der Waals surface area contributed by atoms with Gasteiger partial charge in [-0.1, -0.05) is 49.4 Å². The molecule has 1 saturated heterocycles. The fourth-order valence-electron chi connectivity index (χ4n) is 4.97. The van der Waals surface area contributed by atoms with E-state index in [4.69, 9.17) is 19.4 Å². The number of ether oxygens (including phenoxy) is 2. The number of aromatic nitrogens is 3. The van der Waals surface area contributed by atoms with E-state index in [0.717, 1.165) is 59.5 Å². The quantitative estimate of drug-likeness (QED) is 0.187. The Morgan fingerprint density at radius 1 is 0.976 bits per heavy atom. The molecule has 0 N–H and O–H groups in total.